The van der Waals surface area contributed by atoms with Gasteiger partial charge in [0.1, 0.15) is 5.52 Å². The van der Waals surface area contributed by atoms with Gasteiger partial charge in [0.05, 0.1) is 23.7 Å². The number of amides is 1. The summed E-state index contributed by atoms with van der Waals surface area (Å²) in [6.07, 6.45) is 3.33. The van der Waals surface area contributed by atoms with E-state index >= 15 is 0 Å². The summed E-state index contributed by atoms with van der Waals surface area (Å²) in [5, 5.41) is 8.96. The minimum absolute atomic E-state index is 0.194. The van der Waals surface area contributed by atoms with Gasteiger partial charge in [0.25, 0.3) is 5.91 Å². The van der Waals surface area contributed by atoms with Gasteiger partial charge in [-0.05, 0) is 32.0 Å². The number of fused-ring (bicyclic) bond motifs is 1. The van der Waals surface area contributed by atoms with Crippen molar-refractivity contribution in [1.82, 2.24) is 19.9 Å². The molecular formula is C16H22ClN5O2. The highest BCUT2D eigenvalue weighted by molar-refractivity contribution is 6.35. The van der Waals surface area contributed by atoms with Crippen molar-refractivity contribution in [3.05, 3.63) is 16.7 Å². The molecule has 0 radical (unpaired) electrons. The molecule has 130 valence electrons. The summed E-state index contributed by atoms with van der Waals surface area (Å²) in [6, 6.07) is 1.73. The third-order valence-corrected chi connectivity index (χ3v) is 4.93. The van der Waals surface area contributed by atoms with E-state index in [1.807, 2.05) is 4.68 Å². The quantitative estimate of drug-likeness (QED) is 0.912. The van der Waals surface area contributed by atoms with Crippen LogP contribution in [0.2, 0.25) is 5.02 Å². The lowest BCUT2D eigenvalue weighted by Crippen LogP contribution is -2.30. The zero-order chi connectivity index (χ0) is 17.3. The number of nitrogens with two attached hydrogens (primary N) is 1. The highest BCUT2D eigenvalue weighted by Gasteiger charge is 2.26. The maximum absolute atomic E-state index is 11.6. The predicted octanol–water partition coefficient (Wildman–Crippen LogP) is 2.24. The number of rotatable bonds is 4. The van der Waals surface area contributed by atoms with Crippen molar-refractivity contribution in [3.63, 3.8) is 0 Å². The molecular weight excluding hydrogens is 330 g/mol. The second kappa shape index (κ2) is 6.94. The van der Waals surface area contributed by atoms with Crippen LogP contribution in [-0.2, 0) is 0 Å². The molecule has 1 fully saturated rings. The molecule has 1 aromatic heterocycles. The van der Waals surface area contributed by atoms with E-state index in [1.54, 1.807) is 6.07 Å². The molecule has 8 heteroatoms. The van der Waals surface area contributed by atoms with E-state index in [-0.39, 0.29) is 11.6 Å². The average molecular weight is 352 g/mol. The summed E-state index contributed by atoms with van der Waals surface area (Å²) in [5.41, 5.74) is 6.81. The topological polar surface area (TPSA) is 86.3 Å². The number of hydrogen-bond donors (Lipinski definition) is 1. The first-order valence-corrected chi connectivity index (χ1v) is 8.58. The molecule has 0 bridgehead atoms. The van der Waals surface area contributed by atoms with Crippen LogP contribution in [0.3, 0.4) is 0 Å². The lowest BCUT2D eigenvalue weighted by molar-refractivity contribution is 0.0997. The van der Waals surface area contributed by atoms with Crippen LogP contribution in [0, 0.1) is 0 Å². The third-order valence-electron chi connectivity index (χ3n) is 4.64. The molecule has 1 aliphatic rings. The second-order valence-corrected chi connectivity index (χ2v) is 6.48. The number of nitrogens with zero attached hydrogens (tertiary/aromatic N) is 4. The van der Waals surface area contributed by atoms with Crippen molar-refractivity contribution in [2.24, 2.45) is 5.73 Å². The lowest BCUT2D eigenvalue weighted by Gasteiger charge is -2.23. The van der Waals surface area contributed by atoms with E-state index in [9.17, 15) is 4.79 Å². The lowest BCUT2D eigenvalue weighted by atomic mass is 10.1. The fourth-order valence-electron chi connectivity index (χ4n) is 3.39. The van der Waals surface area contributed by atoms with Crippen molar-refractivity contribution in [2.75, 3.05) is 26.7 Å². The fourth-order valence-corrected chi connectivity index (χ4v) is 3.67. The second-order valence-electron chi connectivity index (χ2n) is 6.08. The summed E-state index contributed by atoms with van der Waals surface area (Å²) >= 11 is 6.43. The van der Waals surface area contributed by atoms with Gasteiger partial charge < -0.3 is 15.4 Å². The summed E-state index contributed by atoms with van der Waals surface area (Å²) in [7, 11) is 1.48. The van der Waals surface area contributed by atoms with E-state index in [1.165, 1.54) is 13.5 Å². The smallest absolute Gasteiger partial charge is 0.252 e. The number of primary amides is 1. The summed E-state index contributed by atoms with van der Waals surface area (Å²) in [4.78, 5) is 14.0. The maximum Gasteiger partial charge on any atom is 0.252 e. The SMILES string of the molecule is CCN1CCCC[C@@H](n2nnc3c(OC)c(C(N)=O)cc(Cl)c32)C1. The molecule has 1 atom stereocenters. The van der Waals surface area contributed by atoms with Gasteiger partial charge in [-0.3, -0.25) is 4.79 Å². The van der Waals surface area contributed by atoms with Crippen LogP contribution in [0.1, 0.15) is 42.6 Å². The van der Waals surface area contributed by atoms with Crippen LogP contribution < -0.4 is 10.5 Å². The standard InChI is InChI=1S/C16H22ClN5O2/c1-3-21-7-5-4-6-10(9-21)22-14-12(17)8-11(16(18)23)15(24-2)13(14)19-20-22/h8,10H,3-7,9H2,1-2H3,(H2,18,23)/t10-/m1/s1. The fraction of sp³-hybridized carbons (Fsp3) is 0.562. The van der Waals surface area contributed by atoms with E-state index in [0.717, 1.165) is 32.5 Å². The molecule has 2 aromatic rings. The minimum atomic E-state index is -0.600. The number of likely N-dealkylation sites (N-methyl/N-ethyl adjacent to an activating group) is 1. The highest BCUT2D eigenvalue weighted by atomic mass is 35.5. The van der Waals surface area contributed by atoms with E-state index in [4.69, 9.17) is 22.1 Å². The van der Waals surface area contributed by atoms with Crippen molar-refractivity contribution in [2.45, 2.75) is 32.2 Å². The van der Waals surface area contributed by atoms with E-state index in [2.05, 4.69) is 22.1 Å². The third kappa shape index (κ3) is 2.93. The van der Waals surface area contributed by atoms with Crippen molar-refractivity contribution < 1.29 is 9.53 Å². The van der Waals surface area contributed by atoms with Crippen LogP contribution in [0.5, 0.6) is 5.75 Å². The van der Waals surface area contributed by atoms with Gasteiger partial charge in [0, 0.05) is 6.54 Å². The normalized spacial score (nSPS) is 19.4. The van der Waals surface area contributed by atoms with Crippen LogP contribution in [0.25, 0.3) is 11.0 Å². The van der Waals surface area contributed by atoms with Gasteiger partial charge in [-0.1, -0.05) is 30.2 Å². The predicted molar refractivity (Wildman–Crippen MR) is 92.6 cm³/mol. The number of hydrogen-bond acceptors (Lipinski definition) is 5. The number of carbonyl (C=O) groups excluding carboxylic acids is 1. The Kier molecular flexibility index (Phi) is 4.91. The first-order chi connectivity index (χ1) is 11.6. The van der Waals surface area contributed by atoms with Crippen molar-refractivity contribution >= 4 is 28.5 Å². The highest BCUT2D eigenvalue weighted by Crippen LogP contribution is 2.36. The Morgan fingerprint density at radius 2 is 2.29 bits per heavy atom. The van der Waals surface area contributed by atoms with Gasteiger partial charge in [-0.15, -0.1) is 5.10 Å². The van der Waals surface area contributed by atoms with Crippen molar-refractivity contribution in [3.8, 4) is 5.75 Å². The summed E-state index contributed by atoms with van der Waals surface area (Å²) in [5.74, 6) is -0.272. The molecule has 1 amide bonds. The van der Waals surface area contributed by atoms with Crippen LogP contribution in [0.4, 0.5) is 0 Å². The van der Waals surface area contributed by atoms with Crippen LogP contribution in [-0.4, -0.2) is 52.5 Å². The molecule has 3 rings (SSSR count). The number of aromatic nitrogens is 3. The van der Waals surface area contributed by atoms with Crippen molar-refractivity contribution in [1.29, 1.82) is 0 Å². The first kappa shape index (κ1) is 17.0. The summed E-state index contributed by atoms with van der Waals surface area (Å²) in [6.45, 7) is 5.18. The average Bonchev–Trinajstić information content (AvgIpc) is 2.87. The van der Waals surface area contributed by atoms with Gasteiger partial charge in [0.15, 0.2) is 11.3 Å². The molecule has 24 heavy (non-hydrogen) atoms. The maximum atomic E-state index is 11.6. The molecule has 1 saturated heterocycles. The molecule has 2 N–H and O–H groups in total. The Balaban J connectivity index is 2.11. The largest absolute Gasteiger partial charge is 0.493 e. The summed E-state index contributed by atoms with van der Waals surface area (Å²) < 4.78 is 7.23. The minimum Gasteiger partial charge on any atom is -0.493 e. The monoisotopic (exact) mass is 351 g/mol. The number of carbonyl (C=O) groups is 1. The number of ether oxygens (including phenoxy) is 1. The molecule has 2 heterocycles. The Morgan fingerprint density at radius 3 is 2.96 bits per heavy atom. The molecule has 0 aliphatic carbocycles. The molecule has 0 saturated carbocycles. The molecule has 0 unspecified atom stereocenters. The van der Waals surface area contributed by atoms with Gasteiger partial charge in [-0.25, -0.2) is 4.68 Å². The first-order valence-electron chi connectivity index (χ1n) is 8.20. The van der Waals surface area contributed by atoms with E-state index < -0.39 is 5.91 Å². The Bertz CT molecular complexity index is 760. The molecule has 7 nitrogen and oxygen atoms in total. The Labute approximate surface area is 145 Å². The molecule has 0 spiro atoms. The van der Waals surface area contributed by atoms with Gasteiger partial charge in [-0.2, -0.15) is 0 Å². The number of methoxy groups -OCH3 is 1. The Morgan fingerprint density at radius 1 is 1.50 bits per heavy atom. The van der Waals surface area contributed by atoms with Crippen LogP contribution >= 0.6 is 11.6 Å². The molecule has 1 aliphatic heterocycles. The number of benzene rings is 1. The molecule has 1 aromatic carbocycles. The number of halogens is 1. The van der Waals surface area contributed by atoms with E-state index in [0.29, 0.717) is 21.8 Å². The van der Waals surface area contributed by atoms with Gasteiger partial charge in [0.2, 0.25) is 0 Å². The van der Waals surface area contributed by atoms with Gasteiger partial charge >= 0.3 is 0 Å². The number of likely N-dealkylation sites (tertiary alicyclic amines) is 1. The zero-order valence-electron chi connectivity index (χ0n) is 14.0. The zero-order valence-corrected chi connectivity index (χ0v) is 14.7. The van der Waals surface area contributed by atoms with Crippen LogP contribution in [0.15, 0.2) is 6.07 Å². The Hall–Kier alpha value is -1.86.